The lowest BCUT2D eigenvalue weighted by Crippen LogP contribution is -2.39. The van der Waals surface area contributed by atoms with Gasteiger partial charge in [0.25, 0.3) is 0 Å². The van der Waals surface area contributed by atoms with Gasteiger partial charge in [0.2, 0.25) is 21.8 Å². The minimum absolute atomic E-state index is 0.143. The highest BCUT2D eigenvalue weighted by atomic mass is 32.2. The van der Waals surface area contributed by atoms with Gasteiger partial charge in [-0.1, -0.05) is 18.2 Å². The number of carbonyl (C=O) groups excluding carboxylic acids is 2. The van der Waals surface area contributed by atoms with Crippen molar-refractivity contribution in [3.05, 3.63) is 64.7 Å². The molecule has 1 N–H and O–H groups in total. The van der Waals surface area contributed by atoms with E-state index in [9.17, 15) is 18.0 Å². The number of fused-ring (bicyclic) bond motifs is 1. The van der Waals surface area contributed by atoms with Crippen LogP contribution in [0.25, 0.3) is 0 Å². The molecule has 0 spiro atoms. The van der Waals surface area contributed by atoms with E-state index in [-0.39, 0.29) is 29.8 Å². The molecule has 0 saturated carbocycles. The highest BCUT2D eigenvalue weighted by Gasteiger charge is 2.33. The molecular formula is C20H17N3O4S. The van der Waals surface area contributed by atoms with Crippen molar-refractivity contribution in [1.82, 2.24) is 9.62 Å². The number of sulfonamides is 1. The first-order chi connectivity index (χ1) is 13.4. The zero-order valence-corrected chi connectivity index (χ0v) is 15.7. The molecule has 2 aliphatic heterocycles. The summed E-state index contributed by atoms with van der Waals surface area (Å²) in [7, 11) is -3.69. The van der Waals surface area contributed by atoms with E-state index < -0.39 is 15.9 Å². The fraction of sp³-hybridized carbons (Fsp3) is 0.250. The van der Waals surface area contributed by atoms with Crippen LogP contribution in [0.15, 0.2) is 47.4 Å². The topological polar surface area (TPSA) is 107 Å². The van der Waals surface area contributed by atoms with Gasteiger partial charge in [-0.25, -0.2) is 8.42 Å². The first kappa shape index (κ1) is 18.3. The quantitative estimate of drug-likeness (QED) is 0.797. The zero-order chi connectivity index (χ0) is 19.9. The highest BCUT2D eigenvalue weighted by Crippen LogP contribution is 2.32. The fourth-order valence-corrected chi connectivity index (χ4v) is 5.03. The SMILES string of the molecule is N#Cc1ccc(S(=O)(=O)N2Cc3ccc(C4CCC(=O)NC4=O)cc3C2)cc1. The summed E-state index contributed by atoms with van der Waals surface area (Å²) in [5.41, 5.74) is 2.95. The minimum atomic E-state index is -3.69. The first-order valence-corrected chi connectivity index (χ1v) is 10.3. The van der Waals surface area contributed by atoms with E-state index in [1.165, 1.54) is 28.6 Å². The molecule has 1 fully saturated rings. The first-order valence-electron chi connectivity index (χ1n) is 8.84. The second kappa shape index (κ2) is 6.86. The molecule has 2 aromatic carbocycles. The van der Waals surface area contributed by atoms with Gasteiger partial charge in [-0.15, -0.1) is 0 Å². The maximum absolute atomic E-state index is 12.9. The molecule has 2 amide bonds. The standard InChI is InChI=1S/C20H17N3O4S/c21-10-13-1-5-17(6-2-13)28(26,27)23-11-15-4-3-14(9-16(15)12-23)18-7-8-19(24)22-20(18)25/h1-6,9,18H,7-8,11-12H2,(H,22,24,25). The summed E-state index contributed by atoms with van der Waals surface area (Å²) in [4.78, 5) is 23.6. The third-order valence-electron chi connectivity index (χ3n) is 5.19. The second-order valence-electron chi connectivity index (χ2n) is 6.94. The van der Waals surface area contributed by atoms with Crippen LogP contribution < -0.4 is 5.32 Å². The average molecular weight is 395 g/mol. The van der Waals surface area contributed by atoms with Crippen LogP contribution in [0.4, 0.5) is 0 Å². The number of benzene rings is 2. The minimum Gasteiger partial charge on any atom is -0.296 e. The van der Waals surface area contributed by atoms with E-state index in [4.69, 9.17) is 5.26 Å². The van der Waals surface area contributed by atoms with Gasteiger partial charge in [0.05, 0.1) is 22.4 Å². The second-order valence-corrected chi connectivity index (χ2v) is 8.88. The Morgan fingerprint density at radius 2 is 1.75 bits per heavy atom. The van der Waals surface area contributed by atoms with Crippen molar-refractivity contribution < 1.29 is 18.0 Å². The third kappa shape index (κ3) is 3.19. The van der Waals surface area contributed by atoms with Crippen LogP contribution in [-0.2, 0) is 32.7 Å². The Kier molecular flexibility index (Phi) is 4.49. The maximum Gasteiger partial charge on any atom is 0.243 e. The van der Waals surface area contributed by atoms with E-state index in [1.54, 1.807) is 0 Å². The lowest BCUT2D eigenvalue weighted by atomic mass is 9.89. The summed E-state index contributed by atoms with van der Waals surface area (Å²) >= 11 is 0. The van der Waals surface area contributed by atoms with Crippen LogP contribution >= 0.6 is 0 Å². The van der Waals surface area contributed by atoms with Gasteiger partial charge in [0.1, 0.15) is 0 Å². The van der Waals surface area contributed by atoms with Gasteiger partial charge < -0.3 is 0 Å². The molecule has 2 aliphatic rings. The molecule has 2 heterocycles. The predicted octanol–water partition coefficient (Wildman–Crippen LogP) is 1.78. The Morgan fingerprint density at radius 3 is 2.43 bits per heavy atom. The van der Waals surface area contributed by atoms with Gasteiger partial charge in [-0.2, -0.15) is 9.57 Å². The van der Waals surface area contributed by atoms with Crippen molar-refractivity contribution in [3.63, 3.8) is 0 Å². The van der Waals surface area contributed by atoms with Crippen LogP contribution in [0.1, 0.15) is 41.0 Å². The number of carbonyl (C=O) groups is 2. The molecule has 1 saturated heterocycles. The van der Waals surface area contributed by atoms with E-state index in [0.29, 0.717) is 18.4 Å². The summed E-state index contributed by atoms with van der Waals surface area (Å²) in [5, 5.41) is 11.2. The van der Waals surface area contributed by atoms with Gasteiger partial charge in [-0.05, 0) is 47.4 Å². The fourth-order valence-electron chi connectivity index (χ4n) is 3.63. The summed E-state index contributed by atoms with van der Waals surface area (Å²) in [6.45, 7) is 0.478. The number of hydrogen-bond donors (Lipinski definition) is 1. The van der Waals surface area contributed by atoms with E-state index in [2.05, 4.69) is 5.32 Å². The van der Waals surface area contributed by atoms with Crippen molar-refractivity contribution in [3.8, 4) is 6.07 Å². The molecule has 0 bridgehead atoms. The number of imide groups is 1. The van der Waals surface area contributed by atoms with E-state index in [1.807, 2.05) is 24.3 Å². The molecule has 0 radical (unpaired) electrons. The lowest BCUT2D eigenvalue weighted by molar-refractivity contribution is -0.134. The zero-order valence-electron chi connectivity index (χ0n) is 14.9. The molecule has 1 atom stereocenters. The van der Waals surface area contributed by atoms with Crippen molar-refractivity contribution in [2.75, 3.05) is 0 Å². The molecule has 142 valence electrons. The van der Waals surface area contributed by atoms with E-state index in [0.717, 1.165) is 16.7 Å². The van der Waals surface area contributed by atoms with Crippen LogP contribution in [0.5, 0.6) is 0 Å². The van der Waals surface area contributed by atoms with Gasteiger partial charge in [0, 0.05) is 19.5 Å². The van der Waals surface area contributed by atoms with Crippen LogP contribution in [0, 0.1) is 11.3 Å². The molecule has 28 heavy (non-hydrogen) atoms. The maximum atomic E-state index is 12.9. The molecule has 2 aromatic rings. The number of nitriles is 1. The molecule has 1 unspecified atom stereocenters. The average Bonchev–Trinajstić information content (AvgIpc) is 3.12. The summed E-state index contributed by atoms with van der Waals surface area (Å²) in [6, 6.07) is 13.4. The smallest absolute Gasteiger partial charge is 0.243 e. The number of rotatable bonds is 3. The Labute approximate surface area is 162 Å². The van der Waals surface area contributed by atoms with Crippen LogP contribution in [0.3, 0.4) is 0 Å². The van der Waals surface area contributed by atoms with Crippen molar-refractivity contribution in [2.45, 2.75) is 36.7 Å². The molecular weight excluding hydrogens is 378 g/mol. The Morgan fingerprint density at radius 1 is 1.04 bits per heavy atom. The molecule has 4 rings (SSSR count). The van der Waals surface area contributed by atoms with Gasteiger partial charge in [-0.3, -0.25) is 14.9 Å². The number of piperidine rings is 1. The van der Waals surface area contributed by atoms with Crippen molar-refractivity contribution in [1.29, 1.82) is 5.26 Å². The van der Waals surface area contributed by atoms with Crippen molar-refractivity contribution in [2.24, 2.45) is 0 Å². The normalized spacial score (nSPS) is 19.8. The van der Waals surface area contributed by atoms with Gasteiger partial charge in [0.15, 0.2) is 0 Å². The monoisotopic (exact) mass is 395 g/mol. The Hall–Kier alpha value is -3.02. The number of amides is 2. The van der Waals surface area contributed by atoms with Crippen LogP contribution in [-0.4, -0.2) is 24.5 Å². The highest BCUT2D eigenvalue weighted by molar-refractivity contribution is 7.89. The summed E-state index contributed by atoms with van der Waals surface area (Å²) in [5.74, 6) is -0.967. The number of nitrogens with zero attached hydrogens (tertiary/aromatic N) is 2. The molecule has 0 aromatic heterocycles. The summed E-state index contributed by atoms with van der Waals surface area (Å²) in [6.07, 6.45) is 0.753. The lowest BCUT2D eigenvalue weighted by Gasteiger charge is -2.21. The van der Waals surface area contributed by atoms with E-state index >= 15 is 0 Å². The molecule has 0 aliphatic carbocycles. The summed E-state index contributed by atoms with van der Waals surface area (Å²) < 4.78 is 27.2. The Balaban J connectivity index is 1.57. The predicted molar refractivity (Wildman–Crippen MR) is 99.2 cm³/mol. The van der Waals surface area contributed by atoms with Crippen molar-refractivity contribution >= 4 is 21.8 Å². The third-order valence-corrected chi connectivity index (χ3v) is 6.99. The molecule has 8 heteroatoms. The van der Waals surface area contributed by atoms with Crippen LogP contribution in [0.2, 0.25) is 0 Å². The molecule has 7 nitrogen and oxygen atoms in total. The Bertz CT molecular complexity index is 1120. The van der Waals surface area contributed by atoms with Gasteiger partial charge >= 0.3 is 0 Å². The largest absolute Gasteiger partial charge is 0.296 e. The number of nitrogens with one attached hydrogen (secondary N) is 1. The number of hydrogen-bond acceptors (Lipinski definition) is 5.